The lowest BCUT2D eigenvalue weighted by Crippen LogP contribution is -2.38. The van der Waals surface area contributed by atoms with Crippen molar-refractivity contribution in [2.75, 3.05) is 0 Å². The average molecular weight is 208 g/mol. The number of rotatable bonds is 2. The number of carbonyl (C=O) groups is 1. The Morgan fingerprint density at radius 3 is 2.73 bits per heavy atom. The molecule has 0 spiro atoms. The molecule has 0 bridgehead atoms. The lowest BCUT2D eigenvalue weighted by Gasteiger charge is -2.45. The van der Waals surface area contributed by atoms with Crippen LogP contribution in [0.2, 0.25) is 0 Å². The molecular formula is C14H24O. The van der Waals surface area contributed by atoms with Crippen LogP contribution in [0.5, 0.6) is 0 Å². The van der Waals surface area contributed by atoms with Gasteiger partial charge >= 0.3 is 0 Å². The summed E-state index contributed by atoms with van der Waals surface area (Å²) in [5, 5.41) is 0. The summed E-state index contributed by atoms with van der Waals surface area (Å²) in [4.78, 5) is 11.0. The molecule has 2 rings (SSSR count). The van der Waals surface area contributed by atoms with Crippen LogP contribution in [-0.2, 0) is 4.79 Å². The van der Waals surface area contributed by atoms with Gasteiger partial charge in [0.15, 0.2) is 0 Å². The first-order valence-electron chi connectivity index (χ1n) is 6.55. The molecule has 0 N–H and O–H groups in total. The van der Waals surface area contributed by atoms with E-state index >= 15 is 0 Å². The van der Waals surface area contributed by atoms with E-state index in [-0.39, 0.29) is 5.92 Å². The SMILES string of the molecule is C[C@H](C=O)[C@@H]1CC[C@H]2[C@@H](C)CCC[C@]12C. The highest BCUT2D eigenvalue weighted by atomic mass is 16.1. The van der Waals surface area contributed by atoms with Gasteiger partial charge < -0.3 is 4.79 Å². The Balaban J connectivity index is 2.20. The van der Waals surface area contributed by atoms with E-state index in [4.69, 9.17) is 0 Å². The van der Waals surface area contributed by atoms with Crippen molar-refractivity contribution in [1.29, 1.82) is 0 Å². The Morgan fingerprint density at radius 1 is 1.33 bits per heavy atom. The quantitative estimate of drug-likeness (QED) is 0.633. The molecule has 0 aliphatic heterocycles. The van der Waals surface area contributed by atoms with Gasteiger partial charge in [0.2, 0.25) is 0 Å². The molecule has 0 unspecified atom stereocenters. The summed E-state index contributed by atoms with van der Waals surface area (Å²) in [6, 6.07) is 0. The number of hydrogen-bond acceptors (Lipinski definition) is 1. The van der Waals surface area contributed by atoms with Gasteiger partial charge in [-0.05, 0) is 42.4 Å². The topological polar surface area (TPSA) is 17.1 Å². The molecule has 2 saturated carbocycles. The molecule has 2 fully saturated rings. The van der Waals surface area contributed by atoms with Crippen LogP contribution in [0.1, 0.15) is 52.9 Å². The molecule has 0 aromatic rings. The highest BCUT2D eigenvalue weighted by Gasteiger charge is 2.51. The first-order valence-corrected chi connectivity index (χ1v) is 6.55. The van der Waals surface area contributed by atoms with E-state index < -0.39 is 0 Å². The average Bonchev–Trinajstić information content (AvgIpc) is 2.56. The van der Waals surface area contributed by atoms with Gasteiger partial charge in [0, 0.05) is 5.92 Å². The molecule has 1 heteroatoms. The van der Waals surface area contributed by atoms with Crippen LogP contribution < -0.4 is 0 Å². The lowest BCUT2D eigenvalue weighted by atomic mass is 9.60. The third-order valence-electron chi connectivity index (χ3n) is 5.39. The fourth-order valence-electron chi connectivity index (χ4n) is 4.56. The van der Waals surface area contributed by atoms with Gasteiger partial charge in [0.25, 0.3) is 0 Å². The van der Waals surface area contributed by atoms with Gasteiger partial charge in [0.1, 0.15) is 6.29 Å². The molecule has 0 heterocycles. The molecule has 15 heavy (non-hydrogen) atoms. The third-order valence-corrected chi connectivity index (χ3v) is 5.39. The largest absolute Gasteiger partial charge is 0.303 e. The summed E-state index contributed by atoms with van der Waals surface area (Å²) in [6.45, 7) is 6.98. The second-order valence-electron chi connectivity index (χ2n) is 6.16. The maximum atomic E-state index is 11.0. The summed E-state index contributed by atoms with van der Waals surface area (Å²) in [5.41, 5.74) is 0.470. The minimum Gasteiger partial charge on any atom is -0.303 e. The van der Waals surface area contributed by atoms with Crippen molar-refractivity contribution in [1.82, 2.24) is 0 Å². The maximum absolute atomic E-state index is 11.0. The van der Waals surface area contributed by atoms with Gasteiger partial charge in [-0.1, -0.05) is 33.6 Å². The van der Waals surface area contributed by atoms with E-state index in [0.29, 0.717) is 11.3 Å². The summed E-state index contributed by atoms with van der Waals surface area (Å²) in [5.74, 6) is 2.69. The fraction of sp³-hybridized carbons (Fsp3) is 0.929. The number of fused-ring (bicyclic) bond motifs is 1. The molecule has 1 nitrogen and oxygen atoms in total. The monoisotopic (exact) mass is 208 g/mol. The second kappa shape index (κ2) is 3.92. The summed E-state index contributed by atoms with van der Waals surface area (Å²) in [6.07, 6.45) is 7.95. The van der Waals surface area contributed by atoms with E-state index in [0.717, 1.165) is 11.8 Å². The molecule has 0 aromatic carbocycles. The summed E-state index contributed by atoms with van der Waals surface area (Å²) in [7, 11) is 0. The standard InChI is InChI=1S/C14H24O/c1-10-5-4-8-14(3)12(10)6-7-13(14)11(2)9-15/h9-13H,4-8H2,1-3H3/t10-,11+,12-,13-,14-/m0/s1. The van der Waals surface area contributed by atoms with Crippen LogP contribution in [0.3, 0.4) is 0 Å². The van der Waals surface area contributed by atoms with E-state index in [1.807, 2.05) is 0 Å². The van der Waals surface area contributed by atoms with Crippen LogP contribution in [0, 0.1) is 29.1 Å². The highest BCUT2D eigenvalue weighted by molar-refractivity contribution is 5.53. The summed E-state index contributed by atoms with van der Waals surface area (Å²) >= 11 is 0. The molecule has 86 valence electrons. The van der Waals surface area contributed by atoms with Gasteiger partial charge in [-0.25, -0.2) is 0 Å². The smallest absolute Gasteiger partial charge is 0.123 e. The molecule has 0 aromatic heterocycles. The molecule has 0 saturated heterocycles. The zero-order valence-corrected chi connectivity index (χ0v) is 10.3. The summed E-state index contributed by atoms with van der Waals surface area (Å²) < 4.78 is 0. The van der Waals surface area contributed by atoms with E-state index in [1.54, 1.807) is 0 Å². The van der Waals surface area contributed by atoms with Gasteiger partial charge in [-0.2, -0.15) is 0 Å². The van der Waals surface area contributed by atoms with Gasteiger partial charge in [-0.3, -0.25) is 0 Å². The molecule has 2 aliphatic rings. The second-order valence-corrected chi connectivity index (χ2v) is 6.16. The maximum Gasteiger partial charge on any atom is 0.123 e. The predicted octanol–water partition coefficient (Wildman–Crippen LogP) is 3.67. The zero-order valence-electron chi connectivity index (χ0n) is 10.3. The third kappa shape index (κ3) is 1.64. The van der Waals surface area contributed by atoms with Crippen LogP contribution in [0.4, 0.5) is 0 Å². The number of aldehydes is 1. The van der Waals surface area contributed by atoms with Gasteiger partial charge in [0.05, 0.1) is 0 Å². The van der Waals surface area contributed by atoms with Crippen molar-refractivity contribution in [3.05, 3.63) is 0 Å². The van der Waals surface area contributed by atoms with E-state index in [1.165, 1.54) is 38.4 Å². The Hall–Kier alpha value is -0.330. The molecular weight excluding hydrogens is 184 g/mol. The minimum atomic E-state index is 0.269. The van der Waals surface area contributed by atoms with E-state index in [9.17, 15) is 4.79 Å². The van der Waals surface area contributed by atoms with Crippen molar-refractivity contribution in [3.63, 3.8) is 0 Å². The van der Waals surface area contributed by atoms with Gasteiger partial charge in [-0.15, -0.1) is 0 Å². The van der Waals surface area contributed by atoms with Crippen molar-refractivity contribution < 1.29 is 4.79 Å². The Morgan fingerprint density at radius 2 is 2.07 bits per heavy atom. The van der Waals surface area contributed by atoms with Crippen molar-refractivity contribution in [2.24, 2.45) is 29.1 Å². The first-order chi connectivity index (χ1) is 7.09. The highest BCUT2D eigenvalue weighted by Crippen LogP contribution is 2.59. The Bertz CT molecular complexity index is 248. The molecule has 2 aliphatic carbocycles. The van der Waals surface area contributed by atoms with Crippen LogP contribution in [-0.4, -0.2) is 6.29 Å². The molecule has 0 radical (unpaired) electrons. The van der Waals surface area contributed by atoms with Crippen molar-refractivity contribution in [3.8, 4) is 0 Å². The zero-order chi connectivity index (χ0) is 11.1. The Labute approximate surface area is 93.6 Å². The molecule has 0 amide bonds. The number of carbonyl (C=O) groups excluding carboxylic acids is 1. The van der Waals surface area contributed by atoms with E-state index in [2.05, 4.69) is 20.8 Å². The van der Waals surface area contributed by atoms with Crippen LogP contribution in [0.25, 0.3) is 0 Å². The predicted molar refractivity (Wildman–Crippen MR) is 62.6 cm³/mol. The van der Waals surface area contributed by atoms with Crippen molar-refractivity contribution >= 4 is 6.29 Å². The van der Waals surface area contributed by atoms with Crippen LogP contribution in [0.15, 0.2) is 0 Å². The fourth-order valence-corrected chi connectivity index (χ4v) is 4.56. The normalized spacial score (nSPS) is 47.3. The van der Waals surface area contributed by atoms with Crippen LogP contribution >= 0.6 is 0 Å². The van der Waals surface area contributed by atoms with Crippen molar-refractivity contribution in [2.45, 2.75) is 52.9 Å². The minimum absolute atomic E-state index is 0.269. The lowest BCUT2D eigenvalue weighted by molar-refractivity contribution is -0.114. The first kappa shape index (κ1) is 11.2. The molecule has 5 atom stereocenters. The Kier molecular flexibility index (Phi) is 2.92. The number of hydrogen-bond donors (Lipinski definition) is 0.